The Bertz CT molecular complexity index is 753. The van der Waals surface area contributed by atoms with Gasteiger partial charge in [-0.15, -0.1) is 10.2 Å². The summed E-state index contributed by atoms with van der Waals surface area (Å²) in [5.74, 6) is 0.816. The van der Waals surface area contributed by atoms with E-state index in [0.29, 0.717) is 0 Å². The van der Waals surface area contributed by atoms with Crippen LogP contribution in [0.4, 0.5) is 0 Å². The number of benzene rings is 2. The van der Waals surface area contributed by atoms with Crippen LogP contribution in [0.25, 0.3) is 5.69 Å². The molecule has 22 heavy (non-hydrogen) atoms. The number of thioether (sulfide) groups is 1. The lowest BCUT2D eigenvalue weighted by Gasteiger charge is -2.09. The third kappa shape index (κ3) is 3.21. The third-order valence-corrected chi connectivity index (χ3v) is 4.48. The fourth-order valence-electron chi connectivity index (χ4n) is 2.21. The van der Waals surface area contributed by atoms with E-state index in [1.54, 1.807) is 18.1 Å². The van der Waals surface area contributed by atoms with Crippen molar-refractivity contribution in [2.24, 2.45) is 0 Å². The summed E-state index contributed by atoms with van der Waals surface area (Å²) in [5, 5.41) is 18.2. The van der Waals surface area contributed by atoms with Crippen molar-refractivity contribution in [1.29, 1.82) is 0 Å². The number of aryl methyl sites for hydroxylation is 1. The molecule has 0 saturated carbocycles. The largest absolute Gasteiger partial charge is 0.392 e. The highest BCUT2D eigenvalue weighted by molar-refractivity contribution is 7.98. The van der Waals surface area contributed by atoms with Crippen molar-refractivity contribution in [3.63, 3.8) is 0 Å². The maximum absolute atomic E-state index is 9.07. The lowest BCUT2D eigenvalue weighted by Crippen LogP contribution is -1.97. The highest BCUT2D eigenvalue weighted by Gasteiger charge is 2.09. The number of hydrogen-bond acceptors (Lipinski definition) is 4. The molecule has 1 heterocycles. The van der Waals surface area contributed by atoms with Gasteiger partial charge in [0.1, 0.15) is 6.33 Å². The maximum atomic E-state index is 9.07. The number of hydrogen-bond donors (Lipinski definition) is 1. The van der Waals surface area contributed by atoms with Crippen LogP contribution in [-0.2, 0) is 12.4 Å². The van der Waals surface area contributed by atoms with E-state index in [1.807, 2.05) is 41.0 Å². The molecule has 3 rings (SSSR count). The van der Waals surface area contributed by atoms with Gasteiger partial charge in [0.25, 0.3) is 0 Å². The molecular formula is C17H17N3OS. The molecule has 0 aliphatic heterocycles. The normalized spacial score (nSPS) is 10.8. The Balaban J connectivity index is 1.76. The molecule has 1 aromatic heterocycles. The van der Waals surface area contributed by atoms with Gasteiger partial charge in [-0.1, -0.05) is 54.2 Å². The monoisotopic (exact) mass is 311 g/mol. The molecule has 2 aromatic carbocycles. The van der Waals surface area contributed by atoms with Crippen molar-refractivity contribution in [3.05, 3.63) is 71.5 Å². The number of aliphatic hydroxyl groups excluding tert-OH is 1. The molecule has 0 spiro atoms. The Morgan fingerprint density at radius 2 is 1.77 bits per heavy atom. The van der Waals surface area contributed by atoms with Gasteiger partial charge >= 0.3 is 0 Å². The number of rotatable bonds is 5. The predicted octanol–water partition coefficient (Wildman–Crippen LogP) is 3.36. The fourth-order valence-corrected chi connectivity index (χ4v) is 3.09. The van der Waals surface area contributed by atoms with Gasteiger partial charge in [0.05, 0.1) is 12.3 Å². The minimum Gasteiger partial charge on any atom is -0.392 e. The van der Waals surface area contributed by atoms with E-state index in [4.69, 9.17) is 5.11 Å². The molecule has 0 atom stereocenters. The second kappa shape index (κ2) is 6.77. The van der Waals surface area contributed by atoms with Gasteiger partial charge < -0.3 is 5.11 Å². The summed E-state index contributed by atoms with van der Waals surface area (Å²) in [6.07, 6.45) is 1.75. The topological polar surface area (TPSA) is 50.9 Å². The lowest BCUT2D eigenvalue weighted by atomic mass is 10.2. The standard InChI is InChI=1S/C17H17N3OS/c1-13-4-2-3-5-16(13)20-12-18-19-17(20)22-11-15-8-6-14(10-21)7-9-15/h2-9,12,21H,10-11H2,1H3. The fraction of sp³-hybridized carbons (Fsp3) is 0.176. The Hall–Kier alpha value is -2.11. The number of para-hydroxylation sites is 1. The van der Waals surface area contributed by atoms with Crippen molar-refractivity contribution >= 4 is 11.8 Å². The van der Waals surface area contributed by atoms with Crippen molar-refractivity contribution in [3.8, 4) is 5.69 Å². The first-order valence-corrected chi connectivity index (χ1v) is 8.04. The predicted molar refractivity (Wildman–Crippen MR) is 88.0 cm³/mol. The Morgan fingerprint density at radius 1 is 1.05 bits per heavy atom. The van der Waals surface area contributed by atoms with E-state index >= 15 is 0 Å². The minimum atomic E-state index is 0.0784. The Labute approximate surface area is 133 Å². The summed E-state index contributed by atoms with van der Waals surface area (Å²) >= 11 is 1.65. The van der Waals surface area contributed by atoms with Gasteiger partial charge in [0.15, 0.2) is 5.16 Å². The van der Waals surface area contributed by atoms with Crippen LogP contribution in [-0.4, -0.2) is 19.9 Å². The van der Waals surface area contributed by atoms with E-state index < -0.39 is 0 Å². The molecule has 0 saturated heterocycles. The van der Waals surface area contributed by atoms with Gasteiger partial charge in [-0.3, -0.25) is 4.57 Å². The van der Waals surface area contributed by atoms with Crippen LogP contribution in [0.15, 0.2) is 60.0 Å². The van der Waals surface area contributed by atoms with Crippen LogP contribution < -0.4 is 0 Å². The van der Waals surface area contributed by atoms with Crippen LogP contribution in [0.3, 0.4) is 0 Å². The number of aromatic nitrogens is 3. The molecule has 0 radical (unpaired) electrons. The number of nitrogens with zero attached hydrogens (tertiary/aromatic N) is 3. The molecule has 4 nitrogen and oxygen atoms in total. The molecule has 112 valence electrons. The first-order chi connectivity index (χ1) is 10.8. The van der Waals surface area contributed by atoms with Gasteiger partial charge in [0.2, 0.25) is 0 Å². The average molecular weight is 311 g/mol. The molecule has 0 fully saturated rings. The van der Waals surface area contributed by atoms with E-state index in [9.17, 15) is 0 Å². The van der Waals surface area contributed by atoms with Crippen LogP contribution in [0.1, 0.15) is 16.7 Å². The van der Waals surface area contributed by atoms with Gasteiger partial charge in [0, 0.05) is 5.75 Å². The molecule has 1 N–H and O–H groups in total. The molecule has 0 amide bonds. The van der Waals surface area contributed by atoms with Crippen molar-refractivity contribution in [2.75, 3.05) is 0 Å². The first kappa shape index (κ1) is 14.8. The first-order valence-electron chi connectivity index (χ1n) is 7.05. The summed E-state index contributed by atoms with van der Waals surface area (Å²) in [4.78, 5) is 0. The van der Waals surface area contributed by atoms with Crippen LogP contribution in [0.2, 0.25) is 0 Å². The zero-order chi connectivity index (χ0) is 15.4. The minimum absolute atomic E-state index is 0.0784. The zero-order valence-corrected chi connectivity index (χ0v) is 13.1. The molecule has 0 bridgehead atoms. The quantitative estimate of drug-likeness (QED) is 0.734. The second-order valence-electron chi connectivity index (χ2n) is 5.03. The van der Waals surface area contributed by atoms with Crippen LogP contribution >= 0.6 is 11.8 Å². The zero-order valence-electron chi connectivity index (χ0n) is 12.3. The number of aliphatic hydroxyl groups is 1. The summed E-state index contributed by atoms with van der Waals surface area (Å²) in [6, 6.07) is 16.2. The van der Waals surface area contributed by atoms with Gasteiger partial charge in [-0.2, -0.15) is 0 Å². The van der Waals surface area contributed by atoms with E-state index in [0.717, 1.165) is 22.2 Å². The molecule has 0 aliphatic rings. The maximum Gasteiger partial charge on any atom is 0.195 e. The van der Waals surface area contributed by atoms with Crippen LogP contribution in [0.5, 0.6) is 0 Å². The summed E-state index contributed by atoms with van der Waals surface area (Å²) in [7, 11) is 0. The van der Waals surface area contributed by atoms with Gasteiger partial charge in [-0.05, 0) is 29.7 Å². The Kier molecular flexibility index (Phi) is 4.56. The lowest BCUT2D eigenvalue weighted by molar-refractivity contribution is 0.282. The van der Waals surface area contributed by atoms with E-state index in [1.165, 1.54) is 11.1 Å². The van der Waals surface area contributed by atoms with Crippen LogP contribution in [0, 0.1) is 6.92 Å². The highest BCUT2D eigenvalue weighted by atomic mass is 32.2. The molecular weight excluding hydrogens is 294 g/mol. The summed E-state index contributed by atoms with van der Waals surface area (Å²) < 4.78 is 2.02. The molecule has 5 heteroatoms. The molecule has 0 unspecified atom stereocenters. The average Bonchev–Trinajstić information content (AvgIpc) is 3.02. The SMILES string of the molecule is Cc1ccccc1-n1cnnc1SCc1ccc(CO)cc1. The second-order valence-corrected chi connectivity index (χ2v) is 5.98. The van der Waals surface area contributed by atoms with Crippen molar-refractivity contribution in [2.45, 2.75) is 24.4 Å². The molecule has 0 aliphatic carbocycles. The third-order valence-electron chi connectivity index (χ3n) is 3.46. The summed E-state index contributed by atoms with van der Waals surface area (Å²) in [5.41, 5.74) is 4.42. The van der Waals surface area contributed by atoms with Crippen molar-refractivity contribution < 1.29 is 5.11 Å². The smallest absolute Gasteiger partial charge is 0.195 e. The summed E-state index contributed by atoms with van der Waals surface area (Å²) in [6.45, 7) is 2.16. The highest BCUT2D eigenvalue weighted by Crippen LogP contribution is 2.24. The van der Waals surface area contributed by atoms with E-state index in [-0.39, 0.29) is 6.61 Å². The Morgan fingerprint density at radius 3 is 2.50 bits per heavy atom. The van der Waals surface area contributed by atoms with Crippen molar-refractivity contribution in [1.82, 2.24) is 14.8 Å². The molecule has 3 aromatic rings. The van der Waals surface area contributed by atoms with Gasteiger partial charge in [-0.25, -0.2) is 0 Å². The van der Waals surface area contributed by atoms with E-state index in [2.05, 4.69) is 29.3 Å².